The Morgan fingerprint density at radius 3 is 0.977 bits per heavy atom. The molecular formula is C36H68N2O2S2Sn2. The van der Waals surface area contributed by atoms with Crippen LogP contribution in [0.2, 0.25) is 29.6 Å². The Kier molecular flexibility index (Phi) is 21.2. The van der Waals surface area contributed by atoms with Gasteiger partial charge < -0.3 is 0 Å². The SMILES string of the molecule is CCCCCCCCCCCCOc1n[c]([Sn]([CH3])([CH3])[CH3])sc1-c1s[c]([Sn]([CH3])([CH3])[CH3])nc1OCCCCCCCCCCCC. The van der Waals surface area contributed by atoms with E-state index < -0.39 is 36.8 Å². The molecule has 0 aromatic carbocycles. The zero-order valence-corrected chi connectivity index (χ0v) is 37.4. The van der Waals surface area contributed by atoms with Crippen LogP contribution in [0, 0.1) is 0 Å². The fraction of sp³-hybridized carbons (Fsp3) is 0.833. The van der Waals surface area contributed by atoms with Crippen LogP contribution in [-0.4, -0.2) is 59.9 Å². The van der Waals surface area contributed by atoms with E-state index in [1.165, 1.54) is 131 Å². The summed E-state index contributed by atoms with van der Waals surface area (Å²) in [5.41, 5.74) is 0. The van der Waals surface area contributed by atoms with Gasteiger partial charge >= 0.3 is 239 Å². The Labute approximate surface area is 289 Å². The molecule has 8 heteroatoms. The van der Waals surface area contributed by atoms with Gasteiger partial charge in [-0.3, -0.25) is 0 Å². The first-order valence-electron chi connectivity index (χ1n) is 18.4. The molecule has 0 N–H and O–H groups in total. The fourth-order valence-corrected chi connectivity index (χ4v) is 17.0. The van der Waals surface area contributed by atoms with E-state index in [-0.39, 0.29) is 0 Å². The Hall–Kier alpha value is 0.457. The number of unbranched alkanes of at least 4 members (excludes halogenated alkanes) is 18. The number of thiazole rings is 2. The van der Waals surface area contributed by atoms with Crippen LogP contribution in [0.25, 0.3) is 9.75 Å². The predicted molar refractivity (Wildman–Crippen MR) is 204 cm³/mol. The third kappa shape index (κ3) is 16.5. The van der Waals surface area contributed by atoms with Crippen molar-refractivity contribution in [1.82, 2.24) is 9.97 Å². The van der Waals surface area contributed by atoms with Crippen LogP contribution in [-0.2, 0) is 0 Å². The van der Waals surface area contributed by atoms with E-state index in [1.54, 1.807) is 0 Å². The van der Waals surface area contributed by atoms with Gasteiger partial charge in [-0.15, -0.1) is 0 Å². The molecule has 0 aliphatic rings. The van der Waals surface area contributed by atoms with Crippen LogP contribution in [0.15, 0.2) is 0 Å². The molecule has 0 spiro atoms. The summed E-state index contributed by atoms with van der Waals surface area (Å²) in [5, 5.41) is 0. The van der Waals surface area contributed by atoms with Crippen LogP contribution in [0.1, 0.15) is 142 Å². The minimum Gasteiger partial charge on any atom is -0.0654 e. The second-order valence-electron chi connectivity index (χ2n) is 14.9. The van der Waals surface area contributed by atoms with E-state index in [4.69, 9.17) is 19.4 Å². The molecule has 0 aliphatic carbocycles. The van der Waals surface area contributed by atoms with Crippen molar-refractivity contribution >= 4 is 65.5 Å². The maximum absolute atomic E-state index is 6.47. The summed E-state index contributed by atoms with van der Waals surface area (Å²) in [5.74, 6) is 1.69. The summed E-state index contributed by atoms with van der Waals surface area (Å²) in [6.45, 7) is 6.09. The summed E-state index contributed by atoms with van der Waals surface area (Å²) in [6, 6.07) is 0. The van der Waals surface area contributed by atoms with Gasteiger partial charge in [-0.05, 0) is 0 Å². The quantitative estimate of drug-likeness (QED) is 0.0663. The minimum atomic E-state index is -2.38. The zero-order valence-electron chi connectivity index (χ0n) is 30.1. The topological polar surface area (TPSA) is 44.2 Å². The van der Waals surface area contributed by atoms with Gasteiger partial charge in [-0.2, -0.15) is 0 Å². The van der Waals surface area contributed by atoms with Crippen molar-refractivity contribution in [3.63, 3.8) is 0 Å². The molecule has 2 aromatic heterocycles. The Morgan fingerprint density at radius 1 is 0.432 bits per heavy atom. The minimum absolute atomic E-state index is 0.755. The van der Waals surface area contributed by atoms with Gasteiger partial charge in [-0.25, -0.2) is 0 Å². The van der Waals surface area contributed by atoms with E-state index in [0.29, 0.717) is 0 Å². The van der Waals surface area contributed by atoms with Crippen molar-refractivity contribution in [3.05, 3.63) is 0 Å². The molecule has 0 atom stereocenters. The summed E-state index contributed by atoms with van der Waals surface area (Å²) in [4.78, 5) is 27.4. The number of hydrogen-bond donors (Lipinski definition) is 0. The molecule has 254 valence electrons. The number of hydrogen-bond acceptors (Lipinski definition) is 6. The Bertz CT molecular complexity index is 931. The van der Waals surface area contributed by atoms with Crippen molar-refractivity contribution in [2.75, 3.05) is 13.2 Å². The summed E-state index contributed by atoms with van der Waals surface area (Å²) >= 11 is -1.01. The Morgan fingerprint density at radius 2 is 0.705 bits per heavy atom. The standard InChI is InChI=1S/C30H50N2O2S2.6CH3.2Sn/c1-3-5-7-9-11-13-15-17-19-21-23-33-29-27(35-25-31-29)28-30(32-26-36-28)34-24-22-20-18-16-14-12-10-8-6-4-2;;;;;;;;/h3-24H2,1-2H3;6*1H3;;. The molecule has 0 saturated carbocycles. The van der Waals surface area contributed by atoms with Crippen LogP contribution >= 0.6 is 22.7 Å². The molecule has 2 rings (SSSR count). The number of ether oxygens (including phenoxy) is 2. The molecule has 44 heavy (non-hydrogen) atoms. The zero-order chi connectivity index (χ0) is 32.3. The first-order valence-corrected chi connectivity index (χ1v) is 40.0. The van der Waals surface area contributed by atoms with Gasteiger partial charge in [0.2, 0.25) is 0 Å². The smallest absolute Gasteiger partial charge is 0.0654 e. The van der Waals surface area contributed by atoms with Crippen LogP contribution in [0.5, 0.6) is 11.8 Å². The van der Waals surface area contributed by atoms with E-state index in [0.717, 1.165) is 37.8 Å². The number of rotatable bonds is 27. The Balaban J connectivity index is 1.96. The normalized spacial score (nSPS) is 12.3. The third-order valence-corrected chi connectivity index (χ3v) is 27.9. The van der Waals surface area contributed by atoms with Crippen LogP contribution in [0.3, 0.4) is 0 Å². The molecule has 0 aliphatic heterocycles. The van der Waals surface area contributed by atoms with Crippen molar-refractivity contribution < 1.29 is 9.47 Å². The van der Waals surface area contributed by atoms with Gasteiger partial charge in [-0.1, -0.05) is 52.4 Å². The molecule has 0 saturated heterocycles. The molecule has 2 aromatic rings. The van der Waals surface area contributed by atoms with Crippen molar-refractivity contribution in [2.45, 2.75) is 172 Å². The van der Waals surface area contributed by atoms with Gasteiger partial charge in [0.25, 0.3) is 0 Å². The van der Waals surface area contributed by atoms with Gasteiger partial charge in [0.15, 0.2) is 0 Å². The average Bonchev–Trinajstić information content (AvgIpc) is 3.59. The molecule has 0 unspecified atom stereocenters. The molecular weight excluding hydrogens is 794 g/mol. The second-order valence-corrected chi connectivity index (χ2v) is 47.3. The molecule has 0 bridgehead atoms. The number of aromatic nitrogens is 2. The van der Waals surface area contributed by atoms with E-state index >= 15 is 0 Å². The van der Waals surface area contributed by atoms with Crippen LogP contribution in [0.4, 0.5) is 0 Å². The van der Waals surface area contributed by atoms with Crippen molar-refractivity contribution in [2.24, 2.45) is 0 Å². The molecule has 0 radical (unpaired) electrons. The van der Waals surface area contributed by atoms with E-state index in [9.17, 15) is 0 Å². The first-order chi connectivity index (χ1) is 21.1. The monoisotopic (exact) mass is 864 g/mol. The van der Waals surface area contributed by atoms with Crippen molar-refractivity contribution in [1.29, 1.82) is 0 Å². The summed E-state index contributed by atoms with van der Waals surface area (Å²) < 4.78 is 15.6. The molecule has 4 nitrogen and oxygen atoms in total. The summed E-state index contributed by atoms with van der Waals surface area (Å²) in [7, 11) is 0. The predicted octanol–water partition coefficient (Wildman–Crippen LogP) is 12.0. The van der Waals surface area contributed by atoms with Gasteiger partial charge in [0, 0.05) is 0 Å². The number of nitrogens with zero attached hydrogens (tertiary/aromatic N) is 2. The van der Waals surface area contributed by atoms with E-state index in [2.05, 4.69) is 43.5 Å². The average molecular weight is 863 g/mol. The molecule has 0 amide bonds. The van der Waals surface area contributed by atoms with Crippen molar-refractivity contribution in [3.8, 4) is 21.5 Å². The molecule has 0 fully saturated rings. The fourth-order valence-electron chi connectivity index (χ4n) is 5.25. The molecule has 2 heterocycles. The van der Waals surface area contributed by atoms with Crippen LogP contribution < -0.4 is 15.5 Å². The van der Waals surface area contributed by atoms with Gasteiger partial charge in [0.05, 0.1) is 0 Å². The van der Waals surface area contributed by atoms with E-state index in [1.807, 2.05) is 22.7 Å². The first kappa shape index (κ1) is 40.6. The third-order valence-electron chi connectivity index (χ3n) is 8.15. The van der Waals surface area contributed by atoms with Gasteiger partial charge in [0.1, 0.15) is 0 Å². The maximum atomic E-state index is 6.47. The summed E-state index contributed by atoms with van der Waals surface area (Å²) in [6.07, 6.45) is 26.7. The second kappa shape index (κ2) is 22.9.